The molecule has 1 saturated heterocycles. The number of nitrogens with two attached hydrogens (primary N) is 1. The van der Waals surface area contributed by atoms with Crippen LogP contribution in [0.2, 0.25) is 0 Å². The Hall–Kier alpha value is -0.760. The second kappa shape index (κ2) is 8.42. The van der Waals surface area contributed by atoms with Crippen molar-refractivity contribution < 1.29 is 9.52 Å². The number of halogens is 1. The third-order valence-corrected chi connectivity index (χ3v) is 3.23. The molecule has 0 aliphatic carbocycles. The van der Waals surface area contributed by atoms with Crippen molar-refractivity contribution in [2.45, 2.75) is 31.8 Å². The zero-order valence-electron chi connectivity index (χ0n) is 11.0. The SMILES string of the molecule is I.NC(=NCC(O)c1ccco1)N1CCCCCC1. The molecule has 0 aromatic carbocycles. The van der Waals surface area contributed by atoms with Gasteiger partial charge in [-0.05, 0) is 25.0 Å². The molecule has 1 atom stereocenters. The van der Waals surface area contributed by atoms with Gasteiger partial charge in [0.15, 0.2) is 5.96 Å². The van der Waals surface area contributed by atoms with Gasteiger partial charge < -0.3 is 20.2 Å². The fourth-order valence-corrected chi connectivity index (χ4v) is 2.15. The molecule has 2 heterocycles. The number of aliphatic hydroxyl groups excluding tert-OH is 1. The molecule has 0 radical (unpaired) electrons. The van der Waals surface area contributed by atoms with Crippen LogP contribution in [0, 0.1) is 0 Å². The maximum Gasteiger partial charge on any atom is 0.191 e. The quantitative estimate of drug-likeness (QED) is 0.479. The van der Waals surface area contributed by atoms with Crippen LogP contribution in [-0.4, -0.2) is 35.6 Å². The first-order chi connectivity index (χ1) is 8.77. The first kappa shape index (κ1) is 16.3. The molecule has 1 unspecified atom stereocenters. The molecule has 1 aromatic heterocycles. The summed E-state index contributed by atoms with van der Waals surface area (Å²) in [7, 11) is 0. The molecule has 19 heavy (non-hydrogen) atoms. The highest BCUT2D eigenvalue weighted by Gasteiger charge is 2.13. The predicted octanol–water partition coefficient (Wildman–Crippen LogP) is 2.12. The zero-order chi connectivity index (χ0) is 12.8. The average molecular weight is 379 g/mol. The van der Waals surface area contributed by atoms with E-state index in [9.17, 15) is 5.11 Å². The molecule has 1 aliphatic rings. The van der Waals surface area contributed by atoms with Gasteiger partial charge in [0.25, 0.3) is 0 Å². The number of rotatable bonds is 3. The summed E-state index contributed by atoms with van der Waals surface area (Å²) >= 11 is 0. The number of furan rings is 1. The largest absolute Gasteiger partial charge is 0.467 e. The molecule has 0 saturated carbocycles. The van der Waals surface area contributed by atoms with E-state index in [0.29, 0.717) is 11.7 Å². The van der Waals surface area contributed by atoms with E-state index in [1.54, 1.807) is 18.4 Å². The van der Waals surface area contributed by atoms with Crippen LogP contribution in [0.3, 0.4) is 0 Å². The maximum absolute atomic E-state index is 9.84. The van der Waals surface area contributed by atoms with Crippen molar-refractivity contribution >= 4 is 29.9 Å². The van der Waals surface area contributed by atoms with Crippen molar-refractivity contribution in [1.29, 1.82) is 0 Å². The van der Waals surface area contributed by atoms with E-state index in [-0.39, 0.29) is 30.5 Å². The Morgan fingerprint density at radius 3 is 2.63 bits per heavy atom. The zero-order valence-corrected chi connectivity index (χ0v) is 13.3. The van der Waals surface area contributed by atoms with Crippen molar-refractivity contribution in [3.8, 4) is 0 Å². The Morgan fingerprint density at radius 2 is 2.05 bits per heavy atom. The van der Waals surface area contributed by atoms with Gasteiger partial charge in [0.1, 0.15) is 11.9 Å². The molecule has 1 aliphatic heterocycles. The normalized spacial score (nSPS) is 18.6. The van der Waals surface area contributed by atoms with E-state index in [1.165, 1.54) is 12.8 Å². The number of aliphatic imine (C=N–C) groups is 1. The Morgan fingerprint density at radius 1 is 1.37 bits per heavy atom. The van der Waals surface area contributed by atoms with Crippen LogP contribution < -0.4 is 5.73 Å². The Kier molecular flexibility index (Phi) is 7.22. The molecule has 0 amide bonds. The number of aliphatic hydroxyl groups is 1. The maximum atomic E-state index is 9.84. The highest BCUT2D eigenvalue weighted by Crippen LogP contribution is 2.14. The van der Waals surface area contributed by atoms with E-state index in [2.05, 4.69) is 9.89 Å². The van der Waals surface area contributed by atoms with Crippen molar-refractivity contribution in [2.24, 2.45) is 10.7 Å². The summed E-state index contributed by atoms with van der Waals surface area (Å²) in [6, 6.07) is 3.49. The van der Waals surface area contributed by atoms with Crippen molar-refractivity contribution in [1.82, 2.24) is 4.90 Å². The number of guanidine groups is 1. The van der Waals surface area contributed by atoms with Gasteiger partial charge >= 0.3 is 0 Å². The van der Waals surface area contributed by atoms with Crippen LogP contribution in [0.4, 0.5) is 0 Å². The van der Waals surface area contributed by atoms with E-state index in [1.807, 2.05) is 0 Å². The van der Waals surface area contributed by atoms with Gasteiger partial charge in [-0.25, -0.2) is 0 Å². The minimum Gasteiger partial charge on any atom is -0.467 e. The van der Waals surface area contributed by atoms with Gasteiger partial charge in [-0.3, -0.25) is 4.99 Å². The van der Waals surface area contributed by atoms with Gasteiger partial charge in [0, 0.05) is 13.1 Å². The predicted molar refractivity (Wildman–Crippen MR) is 85.6 cm³/mol. The molecule has 5 nitrogen and oxygen atoms in total. The van der Waals surface area contributed by atoms with E-state index >= 15 is 0 Å². The fourth-order valence-electron chi connectivity index (χ4n) is 2.15. The third kappa shape index (κ3) is 5.02. The van der Waals surface area contributed by atoms with Gasteiger partial charge in [-0.2, -0.15) is 0 Å². The van der Waals surface area contributed by atoms with Crippen molar-refractivity contribution in [2.75, 3.05) is 19.6 Å². The first-order valence-electron chi connectivity index (χ1n) is 6.53. The summed E-state index contributed by atoms with van der Waals surface area (Å²) in [6.45, 7) is 2.17. The smallest absolute Gasteiger partial charge is 0.191 e. The molecular weight excluding hydrogens is 357 g/mol. The standard InChI is InChI=1S/C13H21N3O2.HI/c14-13(16-7-3-1-2-4-8-16)15-10-11(17)12-6-5-9-18-12;/h5-6,9,11,17H,1-4,7-8,10H2,(H2,14,15);1H. The first-order valence-corrected chi connectivity index (χ1v) is 6.53. The monoisotopic (exact) mass is 379 g/mol. The number of hydrogen-bond acceptors (Lipinski definition) is 3. The number of hydrogen-bond donors (Lipinski definition) is 2. The van der Waals surface area contributed by atoms with Crippen LogP contribution in [-0.2, 0) is 0 Å². The molecule has 3 N–H and O–H groups in total. The summed E-state index contributed by atoms with van der Waals surface area (Å²) in [5, 5.41) is 9.84. The lowest BCUT2D eigenvalue weighted by Crippen LogP contribution is -2.38. The molecule has 6 heteroatoms. The minimum absolute atomic E-state index is 0. The fraction of sp³-hybridized carbons (Fsp3) is 0.615. The molecule has 2 rings (SSSR count). The average Bonchev–Trinajstić information content (AvgIpc) is 2.78. The minimum atomic E-state index is -0.717. The molecule has 0 spiro atoms. The lowest BCUT2D eigenvalue weighted by Gasteiger charge is -2.21. The van der Waals surface area contributed by atoms with Gasteiger partial charge in [-0.1, -0.05) is 12.8 Å². The Labute approximate surface area is 130 Å². The molecule has 108 valence electrons. The molecular formula is C13H22IN3O2. The molecule has 1 aromatic rings. The summed E-state index contributed by atoms with van der Waals surface area (Å²) in [6.07, 6.45) is 5.68. The highest BCUT2D eigenvalue weighted by atomic mass is 127. The molecule has 1 fully saturated rings. The Bertz CT molecular complexity index is 373. The van der Waals surface area contributed by atoms with E-state index < -0.39 is 6.10 Å². The lowest BCUT2D eigenvalue weighted by molar-refractivity contribution is 0.158. The Balaban J connectivity index is 0.00000180. The van der Waals surface area contributed by atoms with Crippen LogP contribution in [0.1, 0.15) is 37.5 Å². The second-order valence-corrected chi connectivity index (χ2v) is 4.63. The van der Waals surface area contributed by atoms with E-state index in [0.717, 1.165) is 25.9 Å². The summed E-state index contributed by atoms with van der Waals surface area (Å²) in [5.74, 6) is 1.06. The number of nitrogens with zero attached hydrogens (tertiary/aromatic N) is 2. The van der Waals surface area contributed by atoms with Crippen LogP contribution in [0.15, 0.2) is 27.8 Å². The van der Waals surface area contributed by atoms with Gasteiger partial charge in [-0.15, -0.1) is 24.0 Å². The van der Waals surface area contributed by atoms with Crippen molar-refractivity contribution in [3.63, 3.8) is 0 Å². The highest BCUT2D eigenvalue weighted by molar-refractivity contribution is 14.0. The van der Waals surface area contributed by atoms with Gasteiger partial charge in [0.2, 0.25) is 0 Å². The third-order valence-electron chi connectivity index (χ3n) is 3.23. The summed E-state index contributed by atoms with van der Waals surface area (Å²) in [4.78, 5) is 6.35. The van der Waals surface area contributed by atoms with Crippen molar-refractivity contribution in [3.05, 3.63) is 24.2 Å². The topological polar surface area (TPSA) is 75.0 Å². The summed E-state index contributed by atoms with van der Waals surface area (Å²) < 4.78 is 5.12. The van der Waals surface area contributed by atoms with Crippen LogP contribution >= 0.6 is 24.0 Å². The van der Waals surface area contributed by atoms with Gasteiger partial charge in [0.05, 0.1) is 12.8 Å². The van der Waals surface area contributed by atoms with Crippen LogP contribution in [0.25, 0.3) is 0 Å². The molecule has 0 bridgehead atoms. The second-order valence-electron chi connectivity index (χ2n) is 4.63. The lowest BCUT2D eigenvalue weighted by atomic mass is 10.2. The van der Waals surface area contributed by atoms with E-state index in [4.69, 9.17) is 10.2 Å². The number of likely N-dealkylation sites (tertiary alicyclic amines) is 1. The summed E-state index contributed by atoms with van der Waals surface area (Å²) in [5.41, 5.74) is 5.95. The van der Waals surface area contributed by atoms with Crippen LogP contribution in [0.5, 0.6) is 0 Å².